The number of nitrogens with zero attached hydrogens (tertiary/aromatic N) is 4. The van der Waals surface area contributed by atoms with Crippen LogP contribution in [0.4, 0.5) is 13.2 Å². The minimum atomic E-state index is -4.79. The number of carbonyl (C=O) groups is 1. The second kappa shape index (κ2) is 9.30. The molecular formula is C23H25F3N4O3. The fourth-order valence-corrected chi connectivity index (χ4v) is 3.20. The molecule has 0 aliphatic carbocycles. The second-order valence-electron chi connectivity index (χ2n) is 8.81. The molecule has 0 aliphatic rings. The summed E-state index contributed by atoms with van der Waals surface area (Å²) in [5, 5.41) is 13.8. The Morgan fingerprint density at radius 1 is 1.12 bits per heavy atom. The van der Waals surface area contributed by atoms with Crippen LogP contribution in [-0.4, -0.2) is 43.6 Å². The molecule has 0 fully saturated rings. The van der Waals surface area contributed by atoms with Crippen LogP contribution < -0.4 is 4.74 Å². The molecule has 0 spiro atoms. The first-order valence-electron chi connectivity index (χ1n) is 10.2. The molecule has 7 nitrogen and oxygen atoms in total. The summed E-state index contributed by atoms with van der Waals surface area (Å²) in [5.41, 5.74) is 1.29. The van der Waals surface area contributed by atoms with E-state index in [-0.39, 0.29) is 47.4 Å². The van der Waals surface area contributed by atoms with E-state index in [9.17, 15) is 23.1 Å². The molecule has 10 heteroatoms. The second-order valence-corrected chi connectivity index (χ2v) is 8.81. The smallest absolute Gasteiger partial charge is 0.406 e. The average Bonchev–Trinajstić information content (AvgIpc) is 3.16. The van der Waals surface area contributed by atoms with Crippen LogP contribution in [0.25, 0.3) is 22.6 Å². The van der Waals surface area contributed by atoms with Crippen molar-refractivity contribution in [2.75, 3.05) is 6.61 Å². The lowest BCUT2D eigenvalue weighted by molar-refractivity contribution is -0.274. The maximum absolute atomic E-state index is 13.1. The van der Waals surface area contributed by atoms with Crippen molar-refractivity contribution >= 4 is 5.78 Å². The van der Waals surface area contributed by atoms with Crippen LogP contribution in [0.5, 0.6) is 5.75 Å². The predicted molar refractivity (Wildman–Crippen MR) is 115 cm³/mol. The number of carbonyl (C=O) groups excluding carboxylic acids is 1. The molecule has 176 valence electrons. The first-order valence-corrected chi connectivity index (χ1v) is 10.2. The van der Waals surface area contributed by atoms with Crippen molar-refractivity contribution in [3.63, 3.8) is 0 Å². The van der Waals surface area contributed by atoms with Crippen molar-refractivity contribution in [2.24, 2.45) is 18.4 Å². The maximum Gasteiger partial charge on any atom is 0.573 e. The van der Waals surface area contributed by atoms with E-state index in [0.29, 0.717) is 16.8 Å². The Hall–Kier alpha value is -3.27. The summed E-state index contributed by atoms with van der Waals surface area (Å²) in [6.45, 7) is 5.68. The van der Waals surface area contributed by atoms with E-state index in [1.807, 2.05) is 20.8 Å². The minimum absolute atomic E-state index is 0.0846. The third-order valence-electron chi connectivity index (χ3n) is 5.24. The lowest BCUT2D eigenvalue weighted by Crippen LogP contribution is -2.27. The number of Topliss-reactive ketones (excluding diaryl/α,β-unsaturated/α-hetero) is 1. The summed E-state index contributed by atoms with van der Waals surface area (Å²) < 4.78 is 42.9. The Bertz CT molecular complexity index is 1120. The lowest BCUT2D eigenvalue weighted by atomic mass is 9.78. The third kappa shape index (κ3) is 6.38. The number of ether oxygens (including phenoxy) is 1. The van der Waals surface area contributed by atoms with E-state index in [4.69, 9.17) is 0 Å². The van der Waals surface area contributed by atoms with Crippen molar-refractivity contribution in [1.29, 1.82) is 0 Å². The van der Waals surface area contributed by atoms with Gasteiger partial charge < -0.3 is 9.84 Å². The van der Waals surface area contributed by atoms with E-state index in [2.05, 4.69) is 19.8 Å². The number of aromatic nitrogens is 4. The van der Waals surface area contributed by atoms with Crippen molar-refractivity contribution in [3.8, 4) is 28.4 Å². The van der Waals surface area contributed by atoms with Gasteiger partial charge in [0.25, 0.3) is 0 Å². The molecule has 2 aromatic heterocycles. The Balaban J connectivity index is 2.01. The monoisotopic (exact) mass is 462 g/mol. The fourth-order valence-electron chi connectivity index (χ4n) is 3.20. The molecule has 0 saturated heterocycles. The van der Waals surface area contributed by atoms with E-state index >= 15 is 0 Å². The van der Waals surface area contributed by atoms with Gasteiger partial charge in [-0.3, -0.25) is 9.48 Å². The van der Waals surface area contributed by atoms with Crippen LogP contribution in [0.15, 0.2) is 42.7 Å². The van der Waals surface area contributed by atoms with E-state index in [0.717, 1.165) is 0 Å². The van der Waals surface area contributed by atoms with Gasteiger partial charge in [-0.05, 0) is 41.7 Å². The summed E-state index contributed by atoms with van der Waals surface area (Å²) in [5.74, 6) is -0.644. The highest BCUT2D eigenvalue weighted by atomic mass is 19.4. The number of hydrogen-bond acceptors (Lipinski definition) is 6. The molecule has 0 saturated carbocycles. The molecule has 3 aromatic rings. The van der Waals surface area contributed by atoms with Gasteiger partial charge in [-0.1, -0.05) is 20.8 Å². The summed E-state index contributed by atoms with van der Waals surface area (Å²) in [7, 11) is 1.73. The van der Waals surface area contributed by atoms with Gasteiger partial charge in [0.2, 0.25) is 0 Å². The molecule has 33 heavy (non-hydrogen) atoms. The normalized spacial score (nSPS) is 13.1. The molecule has 0 radical (unpaired) electrons. The first-order chi connectivity index (χ1) is 15.4. The molecule has 2 heterocycles. The predicted octanol–water partition coefficient (Wildman–Crippen LogP) is 4.67. The average molecular weight is 462 g/mol. The van der Waals surface area contributed by atoms with Crippen LogP contribution in [0.2, 0.25) is 0 Å². The van der Waals surface area contributed by atoms with Crippen LogP contribution in [0.1, 0.15) is 37.7 Å². The quantitative estimate of drug-likeness (QED) is 0.513. The highest BCUT2D eigenvalue weighted by Gasteiger charge is 2.31. The SMILES string of the molecule is Cn1cc(-c2nc(C(=O)C[C@H](CO)C(C)(C)C)cc(-c3ccc(OC(F)(F)F)cc3)n2)cn1. The van der Waals surface area contributed by atoms with Crippen molar-refractivity contribution in [3.05, 3.63) is 48.4 Å². The number of aliphatic hydroxyl groups excluding tert-OH is 1. The number of benzene rings is 1. The highest BCUT2D eigenvalue weighted by molar-refractivity contribution is 5.95. The van der Waals surface area contributed by atoms with Crippen LogP contribution in [0.3, 0.4) is 0 Å². The zero-order chi connectivity index (χ0) is 24.4. The Morgan fingerprint density at radius 3 is 2.30 bits per heavy atom. The highest BCUT2D eigenvalue weighted by Crippen LogP contribution is 2.31. The number of aliphatic hydroxyl groups is 1. The van der Waals surface area contributed by atoms with E-state index < -0.39 is 6.36 Å². The van der Waals surface area contributed by atoms with Crippen LogP contribution in [-0.2, 0) is 7.05 Å². The zero-order valence-corrected chi connectivity index (χ0v) is 18.7. The summed E-state index contributed by atoms with van der Waals surface area (Å²) in [6, 6.07) is 6.71. The lowest BCUT2D eigenvalue weighted by Gasteiger charge is -2.28. The summed E-state index contributed by atoms with van der Waals surface area (Å²) in [6.07, 6.45) is -1.46. The number of aryl methyl sites for hydroxylation is 1. The van der Waals surface area contributed by atoms with Crippen LogP contribution >= 0.6 is 0 Å². The van der Waals surface area contributed by atoms with E-state index in [1.54, 1.807) is 24.1 Å². The Morgan fingerprint density at radius 2 is 1.79 bits per heavy atom. The number of ketones is 1. The Labute approximate surface area is 189 Å². The molecule has 3 rings (SSSR count). The molecule has 0 unspecified atom stereocenters. The molecule has 1 N–H and O–H groups in total. The van der Waals surface area contributed by atoms with Crippen molar-refractivity contribution in [2.45, 2.75) is 33.6 Å². The van der Waals surface area contributed by atoms with Gasteiger partial charge in [-0.2, -0.15) is 5.10 Å². The first kappa shape index (κ1) is 24.4. The topological polar surface area (TPSA) is 90.1 Å². The third-order valence-corrected chi connectivity index (χ3v) is 5.24. The molecular weight excluding hydrogens is 437 g/mol. The van der Waals surface area contributed by atoms with Gasteiger partial charge in [0, 0.05) is 31.8 Å². The van der Waals surface area contributed by atoms with Crippen molar-refractivity contribution < 1.29 is 27.8 Å². The van der Waals surface area contributed by atoms with Gasteiger partial charge in [0.05, 0.1) is 17.5 Å². The molecule has 1 atom stereocenters. The standard InChI is InChI=1S/C23H25F3N4O3/c1-22(2,3)16(13-31)9-20(32)19-10-18(28-21(29-19)15-11-27-30(4)12-15)14-5-7-17(8-6-14)33-23(24,25)26/h5-8,10-12,16,31H,9,13H2,1-4H3/t16-/m1/s1. The maximum atomic E-state index is 13.1. The number of halogens is 3. The van der Waals surface area contributed by atoms with Gasteiger partial charge in [0.15, 0.2) is 11.6 Å². The number of hydrogen-bond donors (Lipinski definition) is 1. The summed E-state index contributed by atoms with van der Waals surface area (Å²) >= 11 is 0. The van der Waals surface area contributed by atoms with E-state index in [1.165, 1.54) is 30.3 Å². The zero-order valence-electron chi connectivity index (χ0n) is 18.7. The molecule has 0 amide bonds. The van der Waals surface area contributed by atoms with Gasteiger partial charge >= 0.3 is 6.36 Å². The summed E-state index contributed by atoms with van der Waals surface area (Å²) in [4.78, 5) is 22.0. The van der Waals surface area contributed by atoms with Gasteiger partial charge in [-0.15, -0.1) is 13.2 Å². The number of alkyl halides is 3. The van der Waals surface area contributed by atoms with Crippen LogP contribution in [0, 0.1) is 11.3 Å². The molecule has 0 bridgehead atoms. The molecule has 0 aliphatic heterocycles. The molecule has 1 aromatic carbocycles. The Kier molecular flexibility index (Phi) is 6.87. The fraction of sp³-hybridized carbons (Fsp3) is 0.391. The number of rotatable bonds is 7. The largest absolute Gasteiger partial charge is 0.573 e. The van der Waals surface area contributed by atoms with Crippen molar-refractivity contribution in [1.82, 2.24) is 19.7 Å². The minimum Gasteiger partial charge on any atom is -0.406 e. The van der Waals surface area contributed by atoms with Gasteiger partial charge in [0.1, 0.15) is 11.4 Å². The van der Waals surface area contributed by atoms with Gasteiger partial charge in [-0.25, -0.2) is 9.97 Å².